The number of likely N-dealkylation sites (N-methyl/N-ethyl adjacent to an activating group) is 1. The molecule has 9 heteroatoms. The van der Waals surface area contributed by atoms with E-state index in [0.717, 1.165) is 62.5 Å². The summed E-state index contributed by atoms with van der Waals surface area (Å²) in [6.45, 7) is 12.0. The van der Waals surface area contributed by atoms with E-state index in [1.807, 2.05) is 4.57 Å². The van der Waals surface area contributed by atoms with Crippen molar-refractivity contribution in [2.45, 2.75) is 33.4 Å². The highest BCUT2D eigenvalue weighted by atomic mass is 35.5. The van der Waals surface area contributed by atoms with Crippen LogP contribution in [0.25, 0.3) is 10.2 Å². The van der Waals surface area contributed by atoms with Crippen molar-refractivity contribution in [1.82, 2.24) is 19.4 Å². The number of hydrogen-bond donors (Lipinski definition) is 0. The van der Waals surface area contributed by atoms with Gasteiger partial charge in [-0.2, -0.15) is 0 Å². The first-order chi connectivity index (χ1) is 15.0. The first kappa shape index (κ1) is 26.0. The van der Waals surface area contributed by atoms with Crippen LogP contribution in [0.15, 0.2) is 29.3 Å². The molecule has 0 amide bonds. The Bertz CT molecular complexity index is 1170. The van der Waals surface area contributed by atoms with E-state index in [-0.39, 0.29) is 30.4 Å². The third-order valence-corrected chi connectivity index (χ3v) is 7.87. The molecule has 0 spiro atoms. The van der Waals surface area contributed by atoms with Gasteiger partial charge in [0.15, 0.2) is 0 Å². The first-order valence-electron chi connectivity index (χ1n) is 11.2. The van der Waals surface area contributed by atoms with Crippen LogP contribution >= 0.6 is 36.2 Å². The molecular weight excluding hydrogens is 477 g/mol. The molecule has 0 bridgehead atoms. The van der Waals surface area contributed by atoms with Gasteiger partial charge in [-0.25, -0.2) is 4.98 Å². The molecule has 1 aromatic carbocycles. The molecule has 33 heavy (non-hydrogen) atoms. The minimum Gasteiger partial charge on any atom is -0.369 e. The fraction of sp³-hybridized carbons (Fsp3) is 0.500. The summed E-state index contributed by atoms with van der Waals surface area (Å²) in [6.07, 6.45) is 2.70. The van der Waals surface area contributed by atoms with Crippen LogP contribution in [0.3, 0.4) is 0 Å². The van der Waals surface area contributed by atoms with Crippen molar-refractivity contribution in [2.24, 2.45) is 0 Å². The van der Waals surface area contributed by atoms with E-state index < -0.39 is 0 Å². The fourth-order valence-corrected chi connectivity index (χ4v) is 6.19. The molecule has 2 aromatic heterocycles. The number of anilines is 1. The number of fused-ring (bicyclic) bond motifs is 3. The van der Waals surface area contributed by atoms with E-state index >= 15 is 0 Å². The molecule has 0 aliphatic carbocycles. The van der Waals surface area contributed by atoms with E-state index in [9.17, 15) is 4.79 Å². The van der Waals surface area contributed by atoms with Crippen molar-refractivity contribution in [3.63, 3.8) is 0 Å². The van der Waals surface area contributed by atoms with E-state index in [1.54, 1.807) is 17.7 Å². The lowest BCUT2D eigenvalue weighted by molar-refractivity contribution is 0.247. The normalized spacial score (nSPS) is 16.9. The van der Waals surface area contributed by atoms with Gasteiger partial charge in [0, 0.05) is 62.9 Å². The number of halogens is 2. The molecule has 1 saturated heterocycles. The molecule has 3 aromatic rings. The molecule has 4 heterocycles. The Morgan fingerprint density at radius 2 is 1.79 bits per heavy atom. The Kier molecular flexibility index (Phi) is 8.45. The van der Waals surface area contributed by atoms with Crippen molar-refractivity contribution in [3.05, 3.63) is 56.4 Å². The number of rotatable bonds is 4. The van der Waals surface area contributed by atoms with Crippen LogP contribution in [0.4, 0.5) is 5.69 Å². The number of hydrogen-bond acceptors (Lipinski definition) is 6. The van der Waals surface area contributed by atoms with Crippen LogP contribution in [-0.2, 0) is 19.5 Å². The maximum Gasteiger partial charge on any atom is 0.262 e. The number of benzene rings is 1. The fourth-order valence-electron chi connectivity index (χ4n) is 4.93. The van der Waals surface area contributed by atoms with Crippen molar-refractivity contribution >= 4 is 52.1 Å². The summed E-state index contributed by atoms with van der Waals surface area (Å²) in [5, 5.41) is 0.871. The molecule has 0 saturated carbocycles. The largest absolute Gasteiger partial charge is 0.369 e. The van der Waals surface area contributed by atoms with Crippen LogP contribution in [-0.4, -0.2) is 65.7 Å². The second kappa shape index (κ2) is 10.7. The molecule has 0 unspecified atom stereocenters. The average Bonchev–Trinajstić information content (AvgIpc) is 3.12. The molecule has 0 N–H and O–H groups in total. The molecule has 2 aliphatic rings. The van der Waals surface area contributed by atoms with Crippen molar-refractivity contribution in [3.8, 4) is 0 Å². The monoisotopic (exact) mass is 509 g/mol. The highest BCUT2D eigenvalue weighted by molar-refractivity contribution is 7.18. The van der Waals surface area contributed by atoms with Gasteiger partial charge in [0.1, 0.15) is 4.83 Å². The lowest BCUT2D eigenvalue weighted by Gasteiger charge is -2.37. The molecular formula is C24H33Cl2N5OS. The number of piperazine rings is 1. The van der Waals surface area contributed by atoms with Crippen LogP contribution in [0.2, 0.25) is 0 Å². The predicted molar refractivity (Wildman–Crippen MR) is 143 cm³/mol. The lowest BCUT2D eigenvalue weighted by atomic mass is 10.1. The van der Waals surface area contributed by atoms with Gasteiger partial charge < -0.3 is 9.80 Å². The summed E-state index contributed by atoms with van der Waals surface area (Å²) >= 11 is 1.69. The van der Waals surface area contributed by atoms with E-state index in [4.69, 9.17) is 0 Å². The molecule has 5 rings (SSSR count). The molecule has 0 radical (unpaired) electrons. The van der Waals surface area contributed by atoms with Gasteiger partial charge >= 0.3 is 0 Å². The molecule has 0 atom stereocenters. The zero-order chi connectivity index (χ0) is 21.5. The van der Waals surface area contributed by atoms with Crippen molar-refractivity contribution in [1.29, 1.82) is 0 Å². The second-order valence-corrected chi connectivity index (χ2v) is 10.1. The SMILES string of the molecule is Cc1ccc(N2CCN(CCn3cnc4sc5c(c4c3=O)CCN(C)C5)CC2)c(C)c1.Cl.Cl. The van der Waals surface area contributed by atoms with Gasteiger partial charge in [0.05, 0.1) is 11.7 Å². The summed E-state index contributed by atoms with van der Waals surface area (Å²) < 4.78 is 1.82. The van der Waals surface area contributed by atoms with Crippen LogP contribution in [0.1, 0.15) is 21.6 Å². The summed E-state index contributed by atoms with van der Waals surface area (Å²) in [4.78, 5) is 27.3. The van der Waals surface area contributed by atoms with Gasteiger partial charge in [-0.05, 0) is 44.5 Å². The van der Waals surface area contributed by atoms with E-state index in [1.165, 1.54) is 27.3 Å². The third kappa shape index (κ3) is 5.23. The third-order valence-electron chi connectivity index (χ3n) is 6.74. The highest BCUT2D eigenvalue weighted by Crippen LogP contribution is 2.31. The van der Waals surface area contributed by atoms with Gasteiger partial charge in [-0.15, -0.1) is 36.2 Å². The predicted octanol–water partition coefficient (Wildman–Crippen LogP) is 3.73. The second-order valence-electron chi connectivity index (χ2n) is 9.03. The maximum absolute atomic E-state index is 13.2. The minimum absolute atomic E-state index is 0. The summed E-state index contributed by atoms with van der Waals surface area (Å²) in [5.74, 6) is 0. The number of nitrogens with zero attached hydrogens (tertiary/aromatic N) is 5. The zero-order valence-corrected chi connectivity index (χ0v) is 22.0. The Morgan fingerprint density at radius 3 is 2.52 bits per heavy atom. The Labute approximate surface area is 212 Å². The van der Waals surface area contributed by atoms with Crippen molar-refractivity contribution in [2.75, 3.05) is 51.2 Å². The average molecular weight is 511 g/mol. The van der Waals surface area contributed by atoms with Crippen LogP contribution in [0.5, 0.6) is 0 Å². The van der Waals surface area contributed by atoms with Gasteiger partial charge in [0.25, 0.3) is 5.56 Å². The first-order valence-corrected chi connectivity index (χ1v) is 12.0. The number of aryl methyl sites for hydroxylation is 2. The zero-order valence-electron chi connectivity index (χ0n) is 19.5. The number of thiophene rings is 1. The smallest absolute Gasteiger partial charge is 0.262 e. The molecule has 180 valence electrons. The molecule has 6 nitrogen and oxygen atoms in total. The van der Waals surface area contributed by atoms with E-state index in [0.29, 0.717) is 6.54 Å². The Hall–Kier alpha value is -1.64. The topological polar surface area (TPSA) is 44.6 Å². The van der Waals surface area contributed by atoms with Gasteiger partial charge in [-0.3, -0.25) is 14.3 Å². The highest BCUT2D eigenvalue weighted by Gasteiger charge is 2.23. The van der Waals surface area contributed by atoms with Crippen LogP contribution in [0, 0.1) is 13.8 Å². The lowest BCUT2D eigenvalue weighted by Crippen LogP contribution is -2.47. The van der Waals surface area contributed by atoms with Crippen molar-refractivity contribution < 1.29 is 0 Å². The standard InChI is InChI=1S/C24H31N5OS.2ClH/c1-17-4-5-20(18(2)14-17)28-11-8-27(9-12-28)10-13-29-16-25-23-22(24(29)30)19-6-7-26(3)15-21(19)31-23;;/h4-5,14,16H,6-13,15H2,1-3H3;2*1H. The van der Waals surface area contributed by atoms with E-state index in [2.05, 4.69) is 58.8 Å². The quantitative estimate of drug-likeness (QED) is 0.536. The molecule has 1 fully saturated rings. The van der Waals surface area contributed by atoms with Gasteiger partial charge in [-0.1, -0.05) is 17.7 Å². The van der Waals surface area contributed by atoms with Crippen LogP contribution < -0.4 is 10.5 Å². The summed E-state index contributed by atoms with van der Waals surface area (Å²) in [6, 6.07) is 6.71. The minimum atomic E-state index is 0. The summed E-state index contributed by atoms with van der Waals surface area (Å²) in [5.41, 5.74) is 5.40. The van der Waals surface area contributed by atoms with Gasteiger partial charge in [0.2, 0.25) is 0 Å². The number of aromatic nitrogens is 2. The summed E-state index contributed by atoms with van der Waals surface area (Å²) in [7, 11) is 2.14. The Morgan fingerprint density at radius 1 is 1.03 bits per heavy atom. The Balaban J connectivity index is 0.00000153. The maximum atomic E-state index is 13.2. The molecule has 2 aliphatic heterocycles.